The lowest BCUT2D eigenvalue weighted by molar-refractivity contribution is -0.274. The Bertz CT molecular complexity index is 896. The number of pyridine rings is 1. The summed E-state index contributed by atoms with van der Waals surface area (Å²) < 4.78 is 40.4. The Hall–Kier alpha value is -2.94. The number of nitrogens with one attached hydrogen (secondary N) is 1. The predicted molar refractivity (Wildman–Crippen MR) is 94.0 cm³/mol. The lowest BCUT2D eigenvalue weighted by atomic mass is 10.2. The molecule has 140 valence electrons. The molecule has 1 aromatic carbocycles. The minimum absolute atomic E-state index is 0.162. The van der Waals surface area contributed by atoms with E-state index in [0.29, 0.717) is 17.1 Å². The molecule has 0 aliphatic heterocycles. The van der Waals surface area contributed by atoms with Crippen molar-refractivity contribution in [3.8, 4) is 16.3 Å². The van der Waals surface area contributed by atoms with E-state index in [0.717, 1.165) is 10.6 Å². The van der Waals surface area contributed by atoms with Gasteiger partial charge in [0.05, 0.1) is 18.7 Å². The number of amides is 1. The summed E-state index contributed by atoms with van der Waals surface area (Å²) in [7, 11) is 0. The normalized spacial score (nSPS) is 11.2. The monoisotopic (exact) mass is 393 g/mol. The Morgan fingerprint density at radius 3 is 2.56 bits per heavy atom. The van der Waals surface area contributed by atoms with Crippen LogP contribution in [0.1, 0.15) is 10.6 Å². The number of hydrogen-bond donors (Lipinski definition) is 1. The van der Waals surface area contributed by atoms with Crippen molar-refractivity contribution in [2.75, 3.05) is 0 Å². The molecule has 0 aliphatic rings. The number of hydrogen-bond acceptors (Lipinski definition) is 5. The SMILES string of the molecule is O=C(Cc1cnc(-c2ccc(OC(F)(F)F)cc2)s1)NCc1ccccn1. The second kappa shape index (κ2) is 8.17. The molecule has 9 heteroatoms. The summed E-state index contributed by atoms with van der Waals surface area (Å²) in [6, 6.07) is 10.9. The summed E-state index contributed by atoms with van der Waals surface area (Å²) in [5, 5.41) is 3.39. The van der Waals surface area contributed by atoms with E-state index < -0.39 is 6.36 Å². The average Bonchev–Trinajstić information content (AvgIpc) is 3.08. The maximum atomic E-state index is 12.2. The van der Waals surface area contributed by atoms with Crippen molar-refractivity contribution >= 4 is 17.2 Å². The molecule has 3 rings (SSSR count). The second-order valence-corrected chi connectivity index (χ2v) is 6.59. The summed E-state index contributed by atoms with van der Waals surface area (Å²) >= 11 is 1.30. The van der Waals surface area contributed by atoms with Gasteiger partial charge in [-0.3, -0.25) is 9.78 Å². The number of carbonyl (C=O) groups is 1. The number of carbonyl (C=O) groups excluding carboxylic acids is 1. The van der Waals surface area contributed by atoms with Gasteiger partial charge in [-0.15, -0.1) is 24.5 Å². The fourth-order valence-electron chi connectivity index (χ4n) is 2.23. The maximum Gasteiger partial charge on any atom is 0.573 e. The van der Waals surface area contributed by atoms with Gasteiger partial charge in [-0.05, 0) is 36.4 Å². The molecule has 0 radical (unpaired) electrons. The first-order valence-electron chi connectivity index (χ1n) is 7.86. The lowest BCUT2D eigenvalue weighted by Crippen LogP contribution is -2.24. The highest BCUT2D eigenvalue weighted by Gasteiger charge is 2.31. The van der Waals surface area contributed by atoms with E-state index in [1.54, 1.807) is 18.5 Å². The van der Waals surface area contributed by atoms with E-state index in [2.05, 4.69) is 20.0 Å². The number of aromatic nitrogens is 2. The van der Waals surface area contributed by atoms with Crippen LogP contribution in [0.5, 0.6) is 5.75 Å². The number of ether oxygens (including phenoxy) is 1. The molecule has 0 saturated heterocycles. The molecule has 1 N–H and O–H groups in total. The molecule has 0 atom stereocenters. The van der Waals surface area contributed by atoms with Gasteiger partial charge in [0.2, 0.25) is 5.91 Å². The molecular weight excluding hydrogens is 379 g/mol. The fourth-order valence-corrected chi connectivity index (χ4v) is 3.15. The van der Waals surface area contributed by atoms with Gasteiger partial charge in [0, 0.05) is 22.8 Å². The third-order valence-electron chi connectivity index (χ3n) is 3.42. The number of nitrogens with zero attached hydrogens (tertiary/aromatic N) is 2. The van der Waals surface area contributed by atoms with Crippen molar-refractivity contribution in [3.05, 3.63) is 65.4 Å². The van der Waals surface area contributed by atoms with Crippen molar-refractivity contribution < 1.29 is 22.7 Å². The average molecular weight is 393 g/mol. The molecule has 0 bridgehead atoms. The van der Waals surface area contributed by atoms with E-state index >= 15 is 0 Å². The van der Waals surface area contributed by atoms with Gasteiger partial charge >= 0.3 is 6.36 Å². The standard InChI is InChI=1S/C18H14F3N3O2S/c19-18(20,21)26-14-6-4-12(5-7-14)17-24-11-15(27-17)9-16(25)23-10-13-3-1-2-8-22-13/h1-8,11H,9-10H2,(H,23,25). The number of halogens is 3. The highest BCUT2D eigenvalue weighted by Crippen LogP contribution is 2.29. The first-order chi connectivity index (χ1) is 12.9. The number of benzene rings is 1. The second-order valence-electron chi connectivity index (χ2n) is 5.48. The summed E-state index contributed by atoms with van der Waals surface area (Å²) in [6.45, 7) is 0.339. The molecule has 0 unspecified atom stereocenters. The van der Waals surface area contributed by atoms with Crippen LogP contribution in [0.3, 0.4) is 0 Å². The van der Waals surface area contributed by atoms with Gasteiger partial charge in [-0.2, -0.15) is 0 Å². The zero-order chi connectivity index (χ0) is 19.3. The molecule has 2 aromatic heterocycles. The molecule has 0 aliphatic carbocycles. The quantitative estimate of drug-likeness (QED) is 0.689. The molecule has 1 amide bonds. The topological polar surface area (TPSA) is 64.1 Å². The van der Waals surface area contributed by atoms with Crippen LogP contribution in [0.2, 0.25) is 0 Å². The maximum absolute atomic E-state index is 12.2. The third kappa shape index (κ3) is 5.78. The minimum Gasteiger partial charge on any atom is -0.406 e. The van der Waals surface area contributed by atoms with Gasteiger partial charge < -0.3 is 10.1 Å². The number of alkyl halides is 3. The molecule has 5 nitrogen and oxygen atoms in total. The van der Waals surface area contributed by atoms with Gasteiger partial charge in [-0.25, -0.2) is 4.98 Å². The first kappa shape index (κ1) is 18.8. The molecule has 0 spiro atoms. The van der Waals surface area contributed by atoms with E-state index in [-0.39, 0.29) is 18.1 Å². The van der Waals surface area contributed by atoms with E-state index in [9.17, 15) is 18.0 Å². The van der Waals surface area contributed by atoms with Crippen LogP contribution in [-0.4, -0.2) is 22.2 Å². The number of rotatable bonds is 6. The molecule has 0 fully saturated rings. The van der Waals surface area contributed by atoms with Crippen molar-refractivity contribution in [2.24, 2.45) is 0 Å². The number of thiazole rings is 1. The predicted octanol–water partition coefficient (Wildman–Crippen LogP) is 3.96. The highest BCUT2D eigenvalue weighted by molar-refractivity contribution is 7.15. The zero-order valence-corrected chi connectivity index (χ0v) is 14.7. The van der Waals surface area contributed by atoms with Crippen LogP contribution in [0.4, 0.5) is 13.2 Å². The van der Waals surface area contributed by atoms with Crippen molar-refractivity contribution in [2.45, 2.75) is 19.3 Å². The largest absolute Gasteiger partial charge is 0.573 e. The van der Waals surface area contributed by atoms with Crippen molar-refractivity contribution in [3.63, 3.8) is 0 Å². The minimum atomic E-state index is -4.72. The molecule has 0 saturated carbocycles. The Kier molecular flexibility index (Phi) is 5.70. The van der Waals surface area contributed by atoms with Gasteiger partial charge in [-0.1, -0.05) is 6.07 Å². The van der Waals surface area contributed by atoms with E-state index in [1.165, 1.54) is 35.6 Å². The third-order valence-corrected chi connectivity index (χ3v) is 4.46. The molecule has 27 heavy (non-hydrogen) atoms. The van der Waals surface area contributed by atoms with Crippen molar-refractivity contribution in [1.29, 1.82) is 0 Å². The summed E-state index contributed by atoms with van der Waals surface area (Å²) in [4.78, 5) is 21.1. The fraction of sp³-hybridized carbons (Fsp3) is 0.167. The Labute approximate surface area is 156 Å². The van der Waals surface area contributed by atoms with Crippen molar-refractivity contribution in [1.82, 2.24) is 15.3 Å². The van der Waals surface area contributed by atoms with Gasteiger partial charge in [0.1, 0.15) is 10.8 Å². The van der Waals surface area contributed by atoms with Crippen LogP contribution in [0.15, 0.2) is 54.9 Å². The van der Waals surface area contributed by atoms with E-state index in [4.69, 9.17) is 0 Å². The van der Waals surface area contributed by atoms with E-state index in [1.807, 2.05) is 12.1 Å². The zero-order valence-electron chi connectivity index (χ0n) is 13.9. The summed E-state index contributed by atoms with van der Waals surface area (Å²) in [6.07, 6.45) is -1.32. The summed E-state index contributed by atoms with van der Waals surface area (Å²) in [5.74, 6) is -0.457. The smallest absolute Gasteiger partial charge is 0.406 e. The Morgan fingerprint density at radius 1 is 1.11 bits per heavy atom. The Morgan fingerprint density at radius 2 is 1.89 bits per heavy atom. The van der Waals surface area contributed by atoms with Crippen LogP contribution in [-0.2, 0) is 17.8 Å². The van der Waals surface area contributed by atoms with Crippen LogP contribution >= 0.6 is 11.3 Å². The molecule has 3 aromatic rings. The summed E-state index contributed by atoms with van der Waals surface area (Å²) in [5.41, 5.74) is 1.41. The van der Waals surface area contributed by atoms with Crippen LogP contribution in [0, 0.1) is 0 Å². The highest BCUT2D eigenvalue weighted by atomic mass is 32.1. The Balaban J connectivity index is 1.57. The van der Waals surface area contributed by atoms with Crippen LogP contribution < -0.4 is 10.1 Å². The lowest BCUT2D eigenvalue weighted by Gasteiger charge is -2.08. The molecule has 2 heterocycles. The van der Waals surface area contributed by atoms with Gasteiger partial charge in [0.15, 0.2) is 0 Å². The van der Waals surface area contributed by atoms with Gasteiger partial charge in [0.25, 0.3) is 0 Å². The molecular formula is C18H14F3N3O2S. The first-order valence-corrected chi connectivity index (χ1v) is 8.68. The van der Waals surface area contributed by atoms with Crippen LogP contribution in [0.25, 0.3) is 10.6 Å².